The number of nitrogens with two attached hydrogens (primary N) is 1. The van der Waals surface area contributed by atoms with Crippen LogP contribution in [-0.2, 0) is 0 Å². The smallest absolute Gasteiger partial charge is 0.254 e. The van der Waals surface area contributed by atoms with E-state index < -0.39 is 0 Å². The second-order valence-corrected chi connectivity index (χ2v) is 3.89. The van der Waals surface area contributed by atoms with Gasteiger partial charge in [-0.15, -0.1) is 0 Å². The Balaban J connectivity index is 2.96. The van der Waals surface area contributed by atoms with Gasteiger partial charge in [0.05, 0.1) is 0 Å². The van der Waals surface area contributed by atoms with Gasteiger partial charge >= 0.3 is 0 Å². The molecule has 5 nitrogen and oxygen atoms in total. The molecule has 0 saturated carbocycles. The van der Waals surface area contributed by atoms with Crippen LogP contribution in [-0.4, -0.2) is 15.5 Å². The van der Waals surface area contributed by atoms with E-state index in [0.717, 1.165) is 0 Å². The number of aromatic amines is 1. The van der Waals surface area contributed by atoms with E-state index in [-0.39, 0.29) is 17.0 Å². The van der Waals surface area contributed by atoms with Crippen LogP contribution < -0.4 is 16.6 Å². The van der Waals surface area contributed by atoms with Gasteiger partial charge < -0.3 is 11.1 Å². The Kier molecular flexibility index (Phi) is 2.27. The number of nitrogens with one attached hydrogen (secondary N) is 2. The van der Waals surface area contributed by atoms with Gasteiger partial charge in [-0.1, -0.05) is 0 Å². The van der Waals surface area contributed by atoms with Gasteiger partial charge in [0.15, 0.2) is 0 Å². The van der Waals surface area contributed by atoms with Crippen molar-refractivity contribution in [1.29, 1.82) is 0 Å². The predicted molar refractivity (Wildman–Crippen MR) is 52.6 cm³/mol. The number of anilines is 2. The summed E-state index contributed by atoms with van der Waals surface area (Å²) in [6, 6.07) is 1.38. The lowest BCUT2D eigenvalue weighted by Gasteiger charge is -2.20. The molecule has 0 radical (unpaired) electrons. The number of rotatable bonds is 1. The molecule has 0 saturated heterocycles. The highest BCUT2D eigenvalue weighted by Crippen LogP contribution is 2.09. The van der Waals surface area contributed by atoms with E-state index in [4.69, 9.17) is 5.73 Å². The maximum absolute atomic E-state index is 11.0. The first-order valence-electron chi connectivity index (χ1n) is 4.02. The maximum Gasteiger partial charge on any atom is 0.254 e. The van der Waals surface area contributed by atoms with Crippen LogP contribution in [0.5, 0.6) is 0 Å². The Bertz CT molecular complexity index is 350. The summed E-state index contributed by atoms with van der Waals surface area (Å²) in [6.45, 7) is 5.93. The van der Waals surface area contributed by atoms with E-state index in [1.54, 1.807) is 0 Å². The number of H-pyrrole nitrogens is 1. The van der Waals surface area contributed by atoms with Crippen LogP contribution in [0.3, 0.4) is 0 Å². The molecule has 0 fully saturated rings. The lowest BCUT2D eigenvalue weighted by atomic mass is 10.1. The third-order valence-corrected chi connectivity index (χ3v) is 1.26. The first kappa shape index (κ1) is 9.57. The quantitative estimate of drug-likeness (QED) is 0.592. The number of hydrogen-bond donors (Lipinski definition) is 3. The van der Waals surface area contributed by atoms with Crippen molar-refractivity contribution in [1.82, 2.24) is 9.97 Å². The van der Waals surface area contributed by atoms with Crippen molar-refractivity contribution >= 4 is 11.8 Å². The summed E-state index contributed by atoms with van der Waals surface area (Å²) in [4.78, 5) is 17.3. The van der Waals surface area contributed by atoms with Gasteiger partial charge in [-0.2, -0.15) is 4.98 Å². The standard InChI is InChI=1S/C8H14N4O/c1-8(2,3)12-5-4-6(13)11-7(9)10-5/h4H,1-3H3,(H4,9,10,11,12,13). The highest BCUT2D eigenvalue weighted by molar-refractivity contribution is 5.39. The fourth-order valence-corrected chi connectivity index (χ4v) is 0.925. The van der Waals surface area contributed by atoms with E-state index >= 15 is 0 Å². The van der Waals surface area contributed by atoms with E-state index in [0.29, 0.717) is 5.82 Å². The third-order valence-electron chi connectivity index (χ3n) is 1.26. The second kappa shape index (κ2) is 3.08. The number of nitrogens with zero attached hydrogens (tertiary/aromatic N) is 1. The van der Waals surface area contributed by atoms with Crippen molar-refractivity contribution in [2.75, 3.05) is 11.1 Å². The van der Waals surface area contributed by atoms with E-state index in [1.807, 2.05) is 20.8 Å². The van der Waals surface area contributed by atoms with Gasteiger partial charge in [-0.3, -0.25) is 9.78 Å². The molecule has 1 aromatic rings. The van der Waals surface area contributed by atoms with Gasteiger partial charge in [0.1, 0.15) is 5.82 Å². The zero-order valence-electron chi connectivity index (χ0n) is 8.01. The minimum absolute atomic E-state index is 0.124. The van der Waals surface area contributed by atoms with Crippen molar-refractivity contribution in [3.05, 3.63) is 16.4 Å². The van der Waals surface area contributed by atoms with Gasteiger partial charge in [0.2, 0.25) is 5.95 Å². The fourth-order valence-electron chi connectivity index (χ4n) is 0.925. The van der Waals surface area contributed by atoms with Crippen molar-refractivity contribution in [2.45, 2.75) is 26.3 Å². The minimum atomic E-state index is -0.251. The molecule has 0 aromatic carbocycles. The molecule has 0 bridgehead atoms. The summed E-state index contributed by atoms with van der Waals surface area (Å²) in [5, 5.41) is 3.05. The molecule has 0 aliphatic rings. The van der Waals surface area contributed by atoms with Crippen molar-refractivity contribution in [3.63, 3.8) is 0 Å². The van der Waals surface area contributed by atoms with Crippen LogP contribution in [0.1, 0.15) is 20.8 Å². The van der Waals surface area contributed by atoms with Crippen LogP contribution in [0.4, 0.5) is 11.8 Å². The van der Waals surface area contributed by atoms with Gasteiger partial charge in [-0.05, 0) is 20.8 Å². The Morgan fingerprint density at radius 2 is 2.15 bits per heavy atom. The molecule has 0 spiro atoms. The van der Waals surface area contributed by atoms with Crippen molar-refractivity contribution in [3.8, 4) is 0 Å². The monoisotopic (exact) mass is 182 g/mol. The third kappa shape index (κ3) is 3.14. The van der Waals surface area contributed by atoms with E-state index in [9.17, 15) is 4.79 Å². The molecule has 1 rings (SSSR count). The molecule has 0 unspecified atom stereocenters. The first-order chi connectivity index (χ1) is 5.87. The molecule has 13 heavy (non-hydrogen) atoms. The molecule has 1 aromatic heterocycles. The van der Waals surface area contributed by atoms with E-state index in [2.05, 4.69) is 15.3 Å². The summed E-state index contributed by atoms with van der Waals surface area (Å²) in [5.74, 6) is 0.619. The molecule has 0 amide bonds. The fraction of sp³-hybridized carbons (Fsp3) is 0.500. The molecule has 0 atom stereocenters. The number of nitrogen functional groups attached to an aromatic ring is 1. The van der Waals surface area contributed by atoms with Crippen molar-refractivity contribution in [2.24, 2.45) is 0 Å². The summed E-state index contributed by atoms with van der Waals surface area (Å²) in [7, 11) is 0. The molecule has 0 aliphatic carbocycles. The average molecular weight is 182 g/mol. The van der Waals surface area contributed by atoms with Gasteiger partial charge in [0.25, 0.3) is 5.56 Å². The molecular formula is C8H14N4O. The summed E-state index contributed by atoms with van der Waals surface area (Å²) in [5.41, 5.74) is 4.99. The molecular weight excluding hydrogens is 168 g/mol. The highest BCUT2D eigenvalue weighted by atomic mass is 16.1. The number of aromatic nitrogens is 2. The zero-order valence-corrected chi connectivity index (χ0v) is 8.01. The zero-order chi connectivity index (χ0) is 10.1. The Morgan fingerprint density at radius 1 is 1.54 bits per heavy atom. The van der Waals surface area contributed by atoms with Gasteiger partial charge in [-0.25, -0.2) is 0 Å². The molecule has 0 aliphatic heterocycles. The van der Waals surface area contributed by atoms with Crippen molar-refractivity contribution < 1.29 is 0 Å². The Labute approximate surface area is 76.4 Å². The van der Waals surface area contributed by atoms with Gasteiger partial charge in [0, 0.05) is 11.6 Å². The molecule has 1 heterocycles. The van der Waals surface area contributed by atoms with E-state index in [1.165, 1.54) is 6.07 Å². The lowest BCUT2D eigenvalue weighted by Crippen LogP contribution is -2.28. The van der Waals surface area contributed by atoms with Crippen LogP contribution in [0.25, 0.3) is 0 Å². The Hall–Kier alpha value is -1.52. The summed E-state index contributed by atoms with van der Waals surface area (Å²) in [6.07, 6.45) is 0. The van der Waals surface area contributed by atoms with Crippen LogP contribution in [0.2, 0.25) is 0 Å². The molecule has 72 valence electrons. The van der Waals surface area contributed by atoms with Crippen LogP contribution in [0.15, 0.2) is 10.9 Å². The summed E-state index contributed by atoms with van der Waals surface area (Å²) < 4.78 is 0. The average Bonchev–Trinajstić information content (AvgIpc) is 1.78. The maximum atomic E-state index is 11.0. The van der Waals surface area contributed by atoms with Crippen LogP contribution >= 0.6 is 0 Å². The first-order valence-corrected chi connectivity index (χ1v) is 4.02. The van der Waals surface area contributed by atoms with Crippen LogP contribution in [0, 0.1) is 0 Å². The molecule has 4 N–H and O–H groups in total. The Morgan fingerprint density at radius 3 is 2.62 bits per heavy atom. The molecule has 5 heteroatoms. The normalized spacial score (nSPS) is 11.3. The summed E-state index contributed by atoms with van der Waals surface area (Å²) >= 11 is 0. The SMILES string of the molecule is CC(C)(C)Nc1cc(=O)[nH]c(N)n1. The predicted octanol–water partition coefficient (Wildman–Crippen LogP) is 0.562. The lowest BCUT2D eigenvalue weighted by molar-refractivity contribution is 0.630. The second-order valence-electron chi connectivity index (χ2n) is 3.89. The highest BCUT2D eigenvalue weighted by Gasteiger charge is 2.10. The topological polar surface area (TPSA) is 83.8 Å². The number of hydrogen-bond acceptors (Lipinski definition) is 4. The minimum Gasteiger partial charge on any atom is -0.369 e. The largest absolute Gasteiger partial charge is 0.369 e.